The van der Waals surface area contributed by atoms with Crippen LogP contribution in [0, 0.1) is 0 Å². The van der Waals surface area contributed by atoms with Gasteiger partial charge in [-0.05, 0) is 44.9 Å². The second kappa shape index (κ2) is 58.3. The molecule has 18 unspecified atom stereocenters. The second-order valence-electron chi connectivity index (χ2n) is 29.6. The second-order valence-corrected chi connectivity index (χ2v) is 29.6. The van der Waals surface area contributed by atoms with Crippen LogP contribution >= 0.6 is 0 Å². The lowest BCUT2D eigenvalue weighted by Gasteiger charge is -2.50. The lowest BCUT2D eigenvalue weighted by molar-refractivity contribution is -0.386. The Hall–Kier alpha value is -2.79. The number of ether oxygens (including phenoxy) is 6. The Bertz CT molecular complexity index is 2130. The predicted molar refractivity (Wildman–Crippen MR) is 394 cm³/mol. The van der Waals surface area contributed by atoms with Crippen molar-refractivity contribution in [1.29, 1.82) is 0 Å². The fourth-order valence-electron chi connectivity index (χ4n) is 14.2. The molecule has 23 nitrogen and oxygen atoms in total. The lowest BCUT2D eigenvalue weighted by Crippen LogP contribution is -2.70. The Morgan fingerprint density at radius 3 is 1.33 bits per heavy atom. The van der Waals surface area contributed by atoms with E-state index in [0.717, 1.165) is 51.9 Å². The number of aliphatic hydroxyl groups excluding tert-OH is 11. The topological polar surface area (TPSA) is 373 Å². The standard InChI is InChI=1S/C79H146N2O21/c1-4-6-8-10-12-14-16-17-18-19-20-21-22-23-24-25-26-27-28-29-30-31-32-33-34-35-36-37-38-39-40-41-43-45-47-49-51-53-66(89)81-60(61(86)52-50-48-46-44-42-15-13-11-9-7-5-2)58-97-76-71(93)70(92)73(65(57-84)99-76)100-77-72(94)75(69(91)64(56-83)98-77)102-79(78(95)96)54-62(87)67(80-59(3)85)74(101-79)68(90)63(88)55-82/h27-28,50,52,60-65,67-77,82-84,86-88,90-94H,4-26,29-49,51,53-58H2,1-3H3,(H,80,85)(H,81,89)(H,95,96)/b28-27-,52-50+. The molecule has 23 heteroatoms. The number of amides is 2. The molecule has 3 saturated heterocycles. The first-order valence-corrected chi connectivity index (χ1v) is 40.7. The van der Waals surface area contributed by atoms with Gasteiger partial charge in [-0.25, -0.2) is 4.79 Å². The van der Waals surface area contributed by atoms with Crippen LogP contribution in [0.3, 0.4) is 0 Å². The number of nitrogens with one attached hydrogen (secondary N) is 2. The van der Waals surface area contributed by atoms with Crippen LogP contribution in [0.25, 0.3) is 0 Å². The molecule has 3 aliphatic rings. The average Bonchev–Trinajstić information content (AvgIpc) is 0.756. The van der Waals surface area contributed by atoms with Gasteiger partial charge >= 0.3 is 5.97 Å². The molecule has 14 N–H and O–H groups in total. The average molecular weight is 1460 g/mol. The fraction of sp³-hybridized carbons (Fsp3) is 0.911. The van der Waals surface area contributed by atoms with Gasteiger partial charge in [0.25, 0.3) is 5.79 Å². The van der Waals surface area contributed by atoms with Crippen molar-refractivity contribution in [3.63, 3.8) is 0 Å². The third kappa shape index (κ3) is 38.3. The minimum Gasteiger partial charge on any atom is -0.477 e. The molecular weight excluding hydrogens is 1310 g/mol. The zero-order valence-electron chi connectivity index (χ0n) is 63.2. The predicted octanol–water partition coefficient (Wildman–Crippen LogP) is 10.7. The van der Waals surface area contributed by atoms with Crippen LogP contribution < -0.4 is 10.6 Å². The van der Waals surface area contributed by atoms with Crippen LogP contribution in [0.2, 0.25) is 0 Å². The summed E-state index contributed by atoms with van der Waals surface area (Å²) in [4.78, 5) is 38.6. The van der Waals surface area contributed by atoms with E-state index in [1.807, 2.05) is 6.08 Å². The number of hydrogen-bond donors (Lipinski definition) is 14. The van der Waals surface area contributed by atoms with Crippen molar-refractivity contribution < 1.29 is 104 Å². The van der Waals surface area contributed by atoms with Crippen LogP contribution in [-0.4, -0.2) is 215 Å². The number of carbonyl (C=O) groups excluding carboxylic acids is 2. The molecule has 2 amide bonds. The van der Waals surface area contributed by atoms with E-state index in [4.69, 9.17) is 28.4 Å². The van der Waals surface area contributed by atoms with E-state index in [1.165, 1.54) is 231 Å². The van der Waals surface area contributed by atoms with Crippen molar-refractivity contribution in [3.8, 4) is 0 Å². The molecular formula is C79H146N2O21. The smallest absolute Gasteiger partial charge is 0.364 e. The molecule has 0 radical (unpaired) electrons. The van der Waals surface area contributed by atoms with Gasteiger partial charge in [-0.15, -0.1) is 0 Å². The minimum atomic E-state index is -3.08. The van der Waals surface area contributed by atoms with Crippen LogP contribution in [0.4, 0.5) is 0 Å². The number of allylic oxidation sites excluding steroid dienone is 3. The monoisotopic (exact) mass is 1460 g/mol. The number of rotatable bonds is 64. The van der Waals surface area contributed by atoms with Crippen molar-refractivity contribution >= 4 is 17.8 Å². The van der Waals surface area contributed by atoms with Crippen LogP contribution in [0.5, 0.6) is 0 Å². The van der Waals surface area contributed by atoms with E-state index in [0.29, 0.717) is 12.8 Å². The maximum absolute atomic E-state index is 13.5. The molecule has 3 fully saturated rings. The first-order chi connectivity index (χ1) is 49.4. The van der Waals surface area contributed by atoms with Gasteiger partial charge in [-0.1, -0.05) is 282 Å². The van der Waals surface area contributed by atoms with E-state index in [-0.39, 0.29) is 12.3 Å². The molecule has 3 heterocycles. The molecule has 0 aromatic heterocycles. The summed E-state index contributed by atoms with van der Waals surface area (Å²) in [6.45, 7) is 2.14. The summed E-state index contributed by atoms with van der Waals surface area (Å²) in [5.41, 5.74) is 0. The number of carbonyl (C=O) groups is 3. The third-order valence-corrected chi connectivity index (χ3v) is 20.6. The van der Waals surface area contributed by atoms with Crippen molar-refractivity contribution in [2.45, 2.75) is 432 Å². The van der Waals surface area contributed by atoms with Gasteiger partial charge in [0, 0.05) is 19.8 Å². The van der Waals surface area contributed by atoms with E-state index in [1.54, 1.807) is 6.08 Å². The normalized spacial score (nSPS) is 26.7. The van der Waals surface area contributed by atoms with Crippen molar-refractivity contribution in [3.05, 3.63) is 24.3 Å². The quantitative estimate of drug-likeness (QED) is 0.0199. The largest absolute Gasteiger partial charge is 0.477 e. The highest BCUT2D eigenvalue weighted by Gasteiger charge is 2.60. The van der Waals surface area contributed by atoms with Crippen molar-refractivity contribution in [2.75, 3.05) is 26.4 Å². The molecule has 0 aromatic rings. The first kappa shape index (κ1) is 93.4. The number of carboxylic acid groups (broad SMARTS) is 1. The summed E-state index contributed by atoms with van der Waals surface area (Å²) in [7, 11) is 0. The summed E-state index contributed by atoms with van der Waals surface area (Å²) in [5, 5.41) is 136. The van der Waals surface area contributed by atoms with E-state index in [2.05, 4.69) is 36.6 Å². The number of aliphatic hydroxyl groups is 11. The van der Waals surface area contributed by atoms with Gasteiger partial charge in [0.15, 0.2) is 12.6 Å². The van der Waals surface area contributed by atoms with Gasteiger partial charge < -0.3 is 100 Å². The minimum absolute atomic E-state index is 0.203. The Morgan fingerprint density at radius 1 is 0.510 bits per heavy atom. The summed E-state index contributed by atoms with van der Waals surface area (Å²) in [6.07, 6.45) is 35.6. The molecule has 3 aliphatic heterocycles. The number of carboxylic acids is 1. The Morgan fingerprint density at radius 2 is 0.922 bits per heavy atom. The molecule has 0 aliphatic carbocycles. The summed E-state index contributed by atoms with van der Waals surface area (Å²) >= 11 is 0. The zero-order valence-corrected chi connectivity index (χ0v) is 63.2. The number of hydrogen-bond acceptors (Lipinski definition) is 20. The summed E-state index contributed by atoms with van der Waals surface area (Å²) in [6, 6.07) is -2.62. The Labute approximate surface area is 613 Å². The number of aliphatic carboxylic acids is 1. The summed E-state index contributed by atoms with van der Waals surface area (Å²) in [5.74, 6) is -6.14. The first-order valence-electron chi connectivity index (χ1n) is 40.7. The molecule has 0 saturated carbocycles. The molecule has 18 atom stereocenters. The van der Waals surface area contributed by atoms with Crippen LogP contribution in [0.15, 0.2) is 24.3 Å². The zero-order chi connectivity index (χ0) is 74.6. The highest BCUT2D eigenvalue weighted by Crippen LogP contribution is 2.39. The molecule has 0 aromatic carbocycles. The van der Waals surface area contributed by atoms with E-state index >= 15 is 0 Å². The van der Waals surface area contributed by atoms with Gasteiger partial charge in [-0.2, -0.15) is 0 Å². The number of unbranched alkanes of at least 4 members (excludes halogenated alkanes) is 42. The Kier molecular flexibility index (Phi) is 53.4. The fourth-order valence-corrected chi connectivity index (χ4v) is 14.2. The highest BCUT2D eigenvalue weighted by atomic mass is 16.8. The molecule has 0 spiro atoms. The molecule has 102 heavy (non-hydrogen) atoms. The van der Waals surface area contributed by atoms with Gasteiger partial charge in [-0.3, -0.25) is 9.59 Å². The van der Waals surface area contributed by atoms with Crippen molar-refractivity contribution in [1.82, 2.24) is 10.6 Å². The van der Waals surface area contributed by atoms with Gasteiger partial charge in [0.05, 0.1) is 50.7 Å². The maximum atomic E-state index is 13.5. The lowest BCUT2D eigenvalue weighted by atomic mass is 9.88. The molecule has 598 valence electrons. The van der Waals surface area contributed by atoms with Crippen molar-refractivity contribution in [2.24, 2.45) is 0 Å². The van der Waals surface area contributed by atoms with Gasteiger partial charge in [0.1, 0.15) is 67.1 Å². The highest BCUT2D eigenvalue weighted by molar-refractivity contribution is 5.77. The SMILES string of the molecule is CCCCCCCCCCC/C=C/C(O)C(COC1OC(CO)C(OC2OC(CO)C(O)C(OC3(C(=O)O)CC(O)C(NC(C)=O)C(C(O)C(O)CO)O3)C2O)C(O)C1O)NC(=O)CCCCCCCCCCCCCCCCCCC/C=C\CCCCCCCCCCCCCCCCCC. The molecule has 0 bridgehead atoms. The van der Waals surface area contributed by atoms with E-state index in [9.17, 15) is 75.7 Å². The van der Waals surface area contributed by atoms with Crippen LogP contribution in [0.1, 0.15) is 323 Å². The third-order valence-electron chi connectivity index (χ3n) is 20.6. The summed E-state index contributed by atoms with van der Waals surface area (Å²) < 4.78 is 34.8. The maximum Gasteiger partial charge on any atom is 0.364 e. The molecule has 3 rings (SSSR count). The Balaban J connectivity index is 1.39. The van der Waals surface area contributed by atoms with E-state index < -0.39 is 155 Å². The van der Waals surface area contributed by atoms with Crippen LogP contribution in [-0.2, 0) is 42.8 Å². The van der Waals surface area contributed by atoms with Gasteiger partial charge in [0.2, 0.25) is 11.8 Å².